The Morgan fingerprint density at radius 2 is 1.52 bits per heavy atom. The zero-order valence-corrected chi connectivity index (χ0v) is 12.2. The third-order valence-corrected chi connectivity index (χ3v) is 3.28. The van der Waals surface area contributed by atoms with E-state index in [1.54, 1.807) is 24.3 Å². The molecule has 0 fully saturated rings. The molecule has 2 aromatic carbocycles. The molecule has 23 heavy (non-hydrogen) atoms. The Bertz CT molecular complexity index is 711. The summed E-state index contributed by atoms with van der Waals surface area (Å²) in [7, 11) is 0. The molecular weight excluding hydrogens is 296 g/mol. The molecular formula is C17H16N2O4. The smallest absolute Gasteiger partial charge is 0.305 e. The van der Waals surface area contributed by atoms with E-state index in [-0.39, 0.29) is 0 Å². The number of carboxylic acids is 1. The van der Waals surface area contributed by atoms with E-state index in [1.165, 1.54) is 0 Å². The van der Waals surface area contributed by atoms with E-state index in [9.17, 15) is 14.4 Å². The van der Waals surface area contributed by atoms with Gasteiger partial charge in [-0.1, -0.05) is 42.5 Å². The van der Waals surface area contributed by atoms with E-state index in [1.807, 2.05) is 30.3 Å². The molecule has 0 aromatic heterocycles. The molecule has 6 heteroatoms. The van der Waals surface area contributed by atoms with Crippen molar-refractivity contribution in [2.75, 3.05) is 0 Å². The first kappa shape index (κ1) is 16.2. The maximum absolute atomic E-state index is 12.1. The summed E-state index contributed by atoms with van der Waals surface area (Å²) in [5, 5.41) is 11.0. The normalized spacial score (nSPS) is 11.5. The number of hydrogen-bond acceptors (Lipinski definition) is 3. The number of carbonyl (C=O) groups excluding carboxylic acids is 2. The Morgan fingerprint density at radius 1 is 0.957 bits per heavy atom. The van der Waals surface area contributed by atoms with Crippen molar-refractivity contribution in [3.63, 3.8) is 0 Å². The van der Waals surface area contributed by atoms with Gasteiger partial charge in [-0.25, -0.2) is 0 Å². The Hall–Kier alpha value is -3.15. The quantitative estimate of drug-likeness (QED) is 0.749. The van der Waals surface area contributed by atoms with Crippen LogP contribution in [0.4, 0.5) is 0 Å². The number of primary amides is 1. The number of hydrogen-bond donors (Lipinski definition) is 3. The van der Waals surface area contributed by atoms with Gasteiger partial charge < -0.3 is 16.2 Å². The van der Waals surface area contributed by atoms with E-state index in [0.29, 0.717) is 5.56 Å². The molecule has 0 spiro atoms. The van der Waals surface area contributed by atoms with Gasteiger partial charge in [0.25, 0.3) is 5.91 Å². The summed E-state index contributed by atoms with van der Waals surface area (Å²) in [6.07, 6.45) is -0.552. The molecule has 0 radical (unpaired) electrons. The number of nitrogens with two attached hydrogens (primary N) is 1. The summed E-state index contributed by atoms with van der Waals surface area (Å²) in [5.74, 6) is -2.65. The van der Waals surface area contributed by atoms with Crippen molar-refractivity contribution in [3.05, 3.63) is 60.2 Å². The van der Waals surface area contributed by atoms with Crippen molar-refractivity contribution >= 4 is 17.8 Å². The van der Waals surface area contributed by atoms with Crippen molar-refractivity contribution in [2.45, 2.75) is 12.5 Å². The highest BCUT2D eigenvalue weighted by atomic mass is 16.4. The molecule has 2 aromatic rings. The number of rotatable bonds is 6. The zero-order valence-electron chi connectivity index (χ0n) is 12.2. The number of nitrogens with one attached hydrogen (secondary N) is 1. The van der Waals surface area contributed by atoms with Crippen molar-refractivity contribution in [3.8, 4) is 11.1 Å². The summed E-state index contributed by atoms with van der Waals surface area (Å²) in [6, 6.07) is 15.2. The van der Waals surface area contributed by atoms with E-state index >= 15 is 0 Å². The van der Waals surface area contributed by atoms with Crippen molar-refractivity contribution in [2.24, 2.45) is 5.73 Å². The molecule has 0 bridgehead atoms. The summed E-state index contributed by atoms with van der Waals surface area (Å²) in [4.78, 5) is 33.9. The van der Waals surface area contributed by atoms with Crippen LogP contribution in [0.15, 0.2) is 54.6 Å². The molecule has 0 saturated heterocycles. The van der Waals surface area contributed by atoms with Gasteiger partial charge in [-0.05, 0) is 23.3 Å². The fourth-order valence-electron chi connectivity index (χ4n) is 2.08. The molecule has 118 valence electrons. The molecule has 0 saturated carbocycles. The number of amides is 2. The van der Waals surface area contributed by atoms with Gasteiger partial charge in [-0.15, -0.1) is 0 Å². The van der Waals surface area contributed by atoms with Gasteiger partial charge in [0.2, 0.25) is 5.91 Å². The average Bonchev–Trinajstić information content (AvgIpc) is 2.54. The lowest BCUT2D eigenvalue weighted by Gasteiger charge is -2.13. The van der Waals surface area contributed by atoms with Crippen LogP contribution in [0.1, 0.15) is 16.8 Å². The summed E-state index contributed by atoms with van der Waals surface area (Å²) < 4.78 is 0. The van der Waals surface area contributed by atoms with Gasteiger partial charge in [-0.2, -0.15) is 0 Å². The topological polar surface area (TPSA) is 109 Å². The highest BCUT2D eigenvalue weighted by Crippen LogP contribution is 2.19. The van der Waals surface area contributed by atoms with E-state index < -0.39 is 30.2 Å². The Kier molecular flexibility index (Phi) is 5.09. The third-order valence-electron chi connectivity index (χ3n) is 3.28. The van der Waals surface area contributed by atoms with E-state index in [0.717, 1.165) is 11.1 Å². The van der Waals surface area contributed by atoms with Gasteiger partial charge in [0.15, 0.2) is 0 Å². The van der Waals surface area contributed by atoms with Crippen LogP contribution in [0, 0.1) is 0 Å². The molecule has 0 aliphatic heterocycles. The molecule has 4 N–H and O–H groups in total. The molecule has 0 aliphatic rings. The van der Waals surface area contributed by atoms with Gasteiger partial charge in [0.05, 0.1) is 6.42 Å². The fraction of sp³-hybridized carbons (Fsp3) is 0.118. The molecule has 6 nitrogen and oxygen atoms in total. The minimum Gasteiger partial charge on any atom is -0.481 e. The van der Waals surface area contributed by atoms with Gasteiger partial charge in [-0.3, -0.25) is 14.4 Å². The number of aliphatic carboxylic acids is 1. The zero-order chi connectivity index (χ0) is 16.8. The van der Waals surface area contributed by atoms with E-state index in [2.05, 4.69) is 5.32 Å². The largest absolute Gasteiger partial charge is 0.481 e. The Morgan fingerprint density at radius 3 is 2.04 bits per heavy atom. The first-order valence-electron chi connectivity index (χ1n) is 6.95. The number of carbonyl (C=O) groups is 3. The standard InChI is InChI=1S/C17H16N2O4/c18-16(22)14(10-15(20)21)19-17(23)13-8-6-12(7-9-13)11-4-2-1-3-5-11/h1-9,14H,10H2,(H2,18,22)(H,19,23)(H,20,21)/t14-/m1/s1. The number of benzene rings is 2. The van der Waals surface area contributed by atoms with Crippen LogP contribution < -0.4 is 11.1 Å². The van der Waals surface area contributed by atoms with Crippen molar-refractivity contribution in [1.29, 1.82) is 0 Å². The van der Waals surface area contributed by atoms with Crippen LogP contribution in [0.2, 0.25) is 0 Å². The highest BCUT2D eigenvalue weighted by Gasteiger charge is 2.21. The van der Waals surface area contributed by atoms with Crippen LogP contribution in [-0.4, -0.2) is 28.9 Å². The molecule has 2 rings (SSSR count). The SMILES string of the molecule is NC(=O)[C@@H](CC(=O)O)NC(=O)c1ccc(-c2ccccc2)cc1. The predicted molar refractivity (Wildman–Crippen MR) is 84.6 cm³/mol. The molecule has 1 atom stereocenters. The monoisotopic (exact) mass is 312 g/mol. The van der Waals surface area contributed by atoms with Crippen LogP contribution in [-0.2, 0) is 9.59 Å². The van der Waals surface area contributed by atoms with Crippen LogP contribution in [0.25, 0.3) is 11.1 Å². The first-order chi connectivity index (χ1) is 11.0. The second-order valence-corrected chi connectivity index (χ2v) is 4.97. The molecule has 0 unspecified atom stereocenters. The van der Waals surface area contributed by atoms with Crippen LogP contribution in [0.3, 0.4) is 0 Å². The Labute approximate surface area is 132 Å². The lowest BCUT2D eigenvalue weighted by atomic mass is 10.0. The summed E-state index contributed by atoms with van der Waals surface area (Å²) in [6.45, 7) is 0. The van der Waals surface area contributed by atoms with Gasteiger partial charge in [0, 0.05) is 5.56 Å². The highest BCUT2D eigenvalue weighted by molar-refractivity contribution is 5.98. The van der Waals surface area contributed by atoms with Gasteiger partial charge >= 0.3 is 5.97 Å². The maximum atomic E-state index is 12.1. The summed E-state index contributed by atoms with van der Waals surface area (Å²) in [5.41, 5.74) is 7.37. The second-order valence-electron chi connectivity index (χ2n) is 4.97. The minimum absolute atomic E-state index is 0.321. The molecule has 2 amide bonds. The second kappa shape index (κ2) is 7.22. The fourth-order valence-corrected chi connectivity index (χ4v) is 2.08. The number of carboxylic acid groups (broad SMARTS) is 1. The van der Waals surface area contributed by atoms with Crippen LogP contribution in [0.5, 0.6) is 0 Å². The predicted octanol–water partition coefficient (Wildman–Crippen LogP) is 1.41. The first-order valence-corrected chi connectivity index (χ1v) is 6.95. The van der Waals surface area contributed by atoms with Crippen LogP contribution >= 0.6 is 0 Å². The van der Waals surface area contributed by atoms with Crippen molar-refractivity contribution in [1.82, 2.24) is 5.32 Å². The maximum Gasteiger partial charge on any atom is 0.305 e. The molecule has 0 heterocycles. The Balaban J connectivity index is 2.11. The minimum atomic E-state index is -1.24. The molecule has 0 aliphatic carbocycles. The lowest BCUT2D eigenvalue weighted by Crippen LogP contribution is -2.45. The average molecular weight is 312 g/mol. The lowest BCUT2D eigenvalue weighted by molar-refractivity contribution is -0.139. The van der Waals surface area contributed by atoms with E-state index in [4.69, 9.17) is 10.8 Å². The summed E-state index contributed by atoms with van der Waals surface area (Å²) >= 11 is 0. The third kappa shape index (κ3) is 4.41. The van der Waals surface area contributed by atoms with Gasteiger partial charge in [0.1, 0.15) is 6.04 Å². The van der Waals surface area contributed by atoms with Crippen molar-refractivity contribution < 1.29 is 19.5 Å².